The van der Waals surface area contributed by atoms with E-state index in [4.69, 9.17) is 9.84 Å². The van der Waals surface area contributed by atoms with Crippen LogP contribution >= 0.6 is 0 Å². The van der Waals surface area contributed by atoms with Gasteiger partial charge < -0.3 is 20.3 Å². The van der Waals surface area contributed by atoms with Crippen LogP contribution < -0.4 is 5.32 Å². The van der Waals surface area contributed by atoms with Gasteiger partial charge in [0.1, 0.15) is 0 Å². The Morgan fingerprint density at radius 2 is 2.18 bits per heavy atom. The minimum absolute atomic E-state index is 0.0502. The Bertz CT molecular complexity index is 131. The Hall–Kier alpha value is -0.160. The summed E-state index contributed by atoms with van der Waals surface area (Å²) < 4.78 is 5.04. The first-order chi connectivity index (χ1) is 5.20. The lowest BCUT2D eigenvalue weighted by Gasteiger charge is -2.16. The summed E-state index contributed by atoms with van der Waals surface area (Å²) in [5.74, 6) is 0. The Morgan fingerprint density at radius 1 is 1.55 bits per heavy atom. The van der Waals surface area contributed by atoms with Crippen molar-refractivity contribution in [3.05, 3.63) is 0 Å². The van der Waals surface area contributed by atoms with Gasteiger partial charge in [-0.05, 0) is 6.92 Å². The molecule has 0 aliphatic carbocycles. The Morgan fingerprint density at radius 3 is 2.45 bits per heavy atom. The predicted octanol–water partition coefficient (Wildman–Crippen LogP) is -1.29. The van der Waals surface area contributed by atoms with Gasteiger partial charge in [0.15, 0.2) is 0 Å². The summed E-state index contributed by atoms with van der Waals surface area (Å²) in [5, 5.41) is 21.3. The second kappa shape index (κ2) is 3.49. The molecule has 4 nitrogen and oxygen atoms in total. The third kappa shape index (κ3) is 1.54. The van der Waals surface area contributed by atoms with Gasteiger partial charge in [-0.25, -0.2) is 0 Å². The number of hydrogen-bond donors (Lipinski definition) is 3. The van der Waals surface area contributed by atoms with Crippen LogP contribution in [0.5, 0.6) is 0 Å². The maximum Gasteiger partial charge on any atom is 0.0996 e. The van der Waals surface area contributed by atoms with Crippen LogP contribution in [0.15, 0.2) is 0 Å². The van der Waals surface area contributed by atoms with Crippen LogP contribution in [0, 0.1) is 0 Å². The number of rotatable bonds is 2. The van der Waals surface area contributed by atoms with Crippen LogP contribution in [0.25, 0.3) is 0 Å². The average molecular weight is 161 g/mol. The summed E-state index contributed by atoms with van der Waals surface area (Å²) >= 11 is 0. The van der Waals surface area contributed by atoms with E-state index in [0.717, 1.165) is 0 Å². The molecule has 0 saturated carbocycles. The summed E-state index contributed by atoms with van der Waals surface area (Å²) in [6.07, 6.45) is -0.799. The number of hydrogen-bond acceptors (Lipinski definition) is 4. The lowest BCUT2D eigenvalue weighted by molar-refractivity contribution is -0.00725. The molecular formula is C7H15NO3. The zero-order valence-corrected chi connectivity index (χ0v) is 6.82. The first kappa shape index (κ1) is 8.93. The number of aliphatic hydroxyl groups is 2. The highest BCUT2D eigenvalue weighted by Gasteiger charge is 2.39. The maximum absolute atomic E-state index is 9.47. The Labute approximate surface area is 66.2 Å². The number of nitrogens with one attached hydrogen (secondary N) is 1. The molecule has 1 rings (SSSR count). The topological polar surface area (TPSA) is 61.7 Å². The van der Waals surface area contributed by atoms with Crippen LogP contribution in [0.2, 0.25) is 0 Å². The molecule has 0 spiro atoms. The average Bonchev–Trinajstić information content (AvgIpc) is 2.26. The lowest BCUT2D eigenvalue weighted by atomic mass is 10.1. The van der Waals surface area contributed by atoms with Gasteiger partial charge >= 0.3 is 0 Å². The first-order valence-corrected chi connectivity index (χ1v) is 3.78. The molecule has 0 aromatic carbocycles. The first-order valence-electron chi connectivity index (χ1n) is 3.78. The van der Waals surface area contributed by atoms with E-state index in [2.05, 4.69) is 5.32 Å². The molecule has 1 fully saturated rings. The highest BCUT2D eigenvalue weighted by Crippen LogP contribution is 2.16. The summed E-state index contributed by atoms with van der Waals surface area (Å²) in [7, 11) is 1.56. The van der Waals surface area contributed by atoms with Crippen molar-refractivity contribution in [2.75, 3.05) is 13.7 Å². The van der Waals surface area contributed by atoms with Gasteiger partial charge in [0.2, 0.25) is 0 Å². The van der Waals surface area contributed by atoms with Crippen molar-refractivity contribution in [2.24, 2.45) is 0 Å². The maximum atomic E-state index is 9.47. The predicted molar refractivity (Wildman–Crippen MR) is 40.3 cm³/mol. The molecule has 0 aromatic heterocycles. The van der Waals surface area contributed by atoms with Gasteiger partial charge in [-0.3, -0.25) is 0 Å². The highest BCUT2D eigenvalue weighted by atomic mass is 16.5. The van der Waals surface area contributed by atoms with E-state index >= 15 is 0 Å². The van der Waals surface area contributed by atoms with Crippen molar-refractivity contribution in [3.63, 3.8) is 0 Å². The van der Waals surface area contributed by atoms with Crippen LogP contribution in [-0.4, -0.2) is 48.2 Å². The van der Waals surface area contributed by atoms with E-state index < -0.39 is 6.10 Å². The quantitative estimate of drug-likeness (QED) is 0.472. The van der Waals surface area contributed by atoms with Gasteiger partial charge in [0, 0.05) is 13.2 Å². The zero-order valence-electron chi connectivity index (χ0n) is 6.82. The van der Waals surface area contributed by atoms with E-state index in [-0.39, 0.29) is 24.8 Å². The third-order valence-corrected chi connectivity index (χ3v) is 2.19. The fourth-order valence-electron chi connectivity index (χ4n) is 1.56. The number of methoxy groups -OCH3 is 1. The molecule has 0 radical (unpaired) electrons. The molecule has 66 valence electrons. The molecule has 11 heavy (non-hydrogen) atoms. The molecule has 1 aliphatic heterocycles. The van der Waals surface area contributed by atoms with Crippen LogP contribution in [0.4, 0.5) is 0 Å². The zero-order chi connectivity index (χ0) is 8.43. The van der Waals surface area contributed by atoms with Crippen molar-refractivity contribution in [3.8, 4) is 0 Å². The SMILES string of the molecule is CO[C@@H]1[C@H](O)[C@@H](CO)N[C@H]1C. The van der Waals surface area contributed by atoms with Gasteiger partial charge in [-0.1, -0.05) is 0 Å². The number of aliphatic hydroxyl groups excluding tert-OH is 2. The normalized spacial score (nSPS) is 44.7. The van der Waals surface area contributed by atoms with Crippen molar-refractivity contribution in [1.82, 2.24) is 5.32 Å². The van der Waals surface area contributed by atoms with Gasteiger partial charge in [0.25, 0.3) is 0 Å². The molecule has 1 aliphatic rings. The van der Waals surface area contributed by atoms with Crippen molar-refractivity contribution >= 4 is 0 Å². The summed E-state index contributed by atoms with van der Waals surface area (Å²) in [6.45, 7) is 1.87. The van der Waals surface area contributed by atoms with Crippen molar-refractivity contribution in [1.29, 1.82) is 0 Å². The van der Waals surface area contributed by atoms with E-state index in [1.807, 2.05) is 6.92 Å². The van der Waals surface area contributed by atoms with Crippen LogP contribution in [0.3, 0.4) is 0 Å². The lowest BCUT2D eigenvalue weighted by Crippen LogP contribution is -2.36. The van der Waals surface area contributed by atoms with Crippen molar-refractivity contribution < 1.29 is 14.9 Å². The second-order valence-corrected chi connectivity index (χ2v) is 2.94. The molecule has 4 heteroatoms. The molecular weight excluding hydrogens is 146 g/mol. The van der Waals surface area contributed by atoms with E-state index in [1.165, 1.54) is 0 Å². The van der Waals surface area contributed by atoms with Crippen molar-refractivity contribution in [2.45, 2.75) is 31.2 Å². The second-order valence-electron chi connectivity index (χ2n) is 2.94. The molecule has 3 N–H and O–H groups in total. The molecule has 1 saturated heterocycles. The molecule has 0 bridgehead atoms. The highest BCUT2D eigenvalue weighted by molar-refractivity contribution is 4.96. The largest absolute Gasteiger partial charge is 0.395 e. The van der Waals surface area contributed by atoms with E-state index in [9.17, 15) is 5.11 Å². The van der Waals surface area contributed by atoms with Gasteiger partial charge in [0.05, 0.1) is 24.9 Å². The van der Waals surface area contributed by atoms with Gasteiger partial charge in [-0.15, -0.1) is 0 Å². The summed E-state index contributed by atoms with van der Waals surface area (Å²) in [6, 6.07) is -0.137. The monoisotopic (exact) mass is 161 g/mol. The molecule has 0 aromatic rings. The Balaban J connectivity index is 2.55. The number of ether oxygens (including phenoxy) is 1. The van der Waals surface area contributed by atoms with Crippen LogP contribution in [0.1, 0.15) is 6.92 Å². The van der Waals surface area contributed by atoms with E-state index in [0.29, 0.717) is 0 Å². The third-order valence-electron chi connectivity index (χ3n) is 2.19. The Kier molecular flexibility index (Phi) is 2.84. The van der Waals surface area contributed by atoms with E-state index in [1.54, 1.807) is 7.11 Å². The van der Waals surface area contributed by atoms with Crippen LogP contribution in [-0.2, 0) is 4.74 Å². The molecule has 4 atom stereocenters. The minimum atomic E-state index is -0.597. The fraction of sp³-hybridized carbons (Fsp3) is 1.00. The van der Waals surface area contributed by atoms with Gasteiger partial charge in [-0.2, -0.15) is 0 Å². The summed E-state index contributed by atoms with van der Waals surface area (Å²) in [5.41, 5.74) is 0. The molecule has 0 unspecified atom stereocenters. The standard InChI is InChI=1S/C7H15NO3/c1-4-7(11-2)6(10)5(3-9)8-4/h4-10H,3H2,1-2H3/t4-,5+,6+,7-/m0/s1. The fourth-order valence-corrected chi connectivity index (χ4v) is 1.56. The summed E-state index contributed by atoms with van der Waals surface area (Å²) in [4.78, 5) is 0. The smallest absolute Gasteiger partial charge is 0.0996 e. The molecule has 0 amide bonds. The molecule has 1 heterocycles. The minimum Gasteiger partial charge on any atom is -0.395 e.